The van der Waals surface area contributed by atoms with Crippen LogP contribution in [0, 0.1) is 12.8 Å². The minimum Gasteiger partial charge on any atom is -0.359 e. The van der Waals surface area contributed by atoms with Crippen LogP contribution in [0.2, 0.25) is 0 Å². The fourth-order valence-corrected chi connectivity index (χ4v) is 3.30. The Balaban J connectivity index is 1.81. The Morgan fingerprint density at radius 3 is 2.48 bits per heavy atom. The number of carbonyl (C=O) groups is 1. The third kappa shape index (κ3) is 5.76. The number of rotatable bonds is 5. The summed E-state index contributed by atoms with van der Waals surface area (Å²) in [5, 5.41) is 6.24. The number of nitrogens with zero attached hydrogens (tertiary/aromatic N) is 2. The number of piperidine rings is 1. The van der Waals surface area contributed by atoms with E-state index < -0.39 is 0 Å². The van der Waals surface area contributed by atoms with Gasteiger partial charge in [0.15, 0.2) is 5.96 Å². The number of nitrogens with one attached hydrogen (secondary N) is 2. The van der Waals surface area contributed by atoms with Gasteiger partial charge in [-0.15, -0.1) is 0 Å². The number of aryl methyl sites for hydroxylation is 1. The van der Waals surface area contributed by atoms with Gasteiger partial charge in [0.05, 0.1) is 0 Å². The van der Waals surface area contributed by atoms with Crippen molar-refractivity contribution >= 4 is 11.9 Å². The van der Waals surface area contributed by atoms with Crippen molar-refractivity contribution in [3.8, 4) is 0 Å². The van der Waals surface area contributed by atoms with Gasteiger partial charge in [0.2, 0.25) is 5.91 Å². The van der Waals surface area contributed by atoms with Crippen molar-refractivity contribution in [1.29, 1.82) is 0 Å². The number of amides is 1. The molecule has 0 saturated carbocycles. The first-order valence-electron chi connectivity index (χ1n) is 9.26. The summed E-state index contributed by atoms with van der Waals surface area (Å²) in [5.41, 5.74) is 2.64. The molecule has 1 saturated heterocycles. The standard InChI is InChI=1S/C20H32N4O/c1-15-5-7-18(8-6-15)16(2)14-23-20(22-4)24-11-9-17(10-12-24)13-19(25)21-3/h5-8,16-17H,9-14H2,1-4H3,(H,21,25)(H,22,23). The van der Waals surface area contributed by atoms with Gasteiger partial charge in [-0.05, 0) is 37.2 Å². The van der Waals surface area contributed by atoms with E-state index in [1.807, 2.05) is 7.05 Å². The first-order chi connectivity index (χ1) is 12.0. The molecule has 0 aliphatic carbocycles. The van der Waals surface area contributed by atoms with Crippen molar-refractivity contribution in [3.63, 3.8) is 0 Å². The minimum absolute atomic E-state index is 0.146. The summed E-state index contributed by atoms with van der Waals surface area (Å²) in [6.07, 6.45) is 2.73. The summed E-state index contributed by atoms with van der Waals surface area (Å²) in [7, 11) is 3.55. The van der Waals surface area contributed by atoms with Crippen LogP contribution in [-0.4, -0.2) is 50.5 Å². The molecule has 1 aromatic carbocycles. The Hall–Kier alpha value is -2.04. The second-order valence-corrected chi connectivity index (χ2v) is 7.05. The van der Waals surface area contributed by atoms with Crippen LogP contribution < -0.4 is 10.6 Å². The monoisotopic (exact) mass is 344 g/mol. The van der Waals surface area contributed by atoms with Gasteiger partial charge < -0.3 is 15.5 Å². The molecule has 0 bridgehead atoms. The zero-order valence-electron chi connectivity index (χ0n) is 16.0. The van der Waals surface area contributed by atoms with E-state index >= 15 is 0 Å². The number of benzene rings is 1. The number of hydrogen-bond donors (Lipinski definition) is 2. The van der Waals surface area contributed by atoms with Crippen molar-refractivity contribution in [2.24, 2.45) is 10.9 Å². The Bertz CT molecular complexity index is 574. The molecular weight excluding hydrogens is 312 g/mol. The quantitative estimate of drug-likeness (QED) is 0.637. The normalized spacial score (nSPS) is 17.3. The Kier molecular flexibility index (Phi) is 7.29. The maximum absolute atomic E-state index is 11.5. The highest BCUT2D eigenvalue weighted by molar-refractivity contribution is 5.80. The zero-order valence-corrected chi connectivity index (χ0v) is 16.0. The minimum atomic E-state index is 0.146. The highest BCUT2D eigenvalue weighted by atomic mass is 16.1. The molecule has 1 aromatic rings. The molecule has 1 heterocycles. The molecule has 1 amide bonds. The van der Waals surface area contributed by atoms with E-state index in [9.17, 15) is 4.79 Å². The lowest BCUT2D eigenvalue weighted by molar-refractivity contribution is -0.121. The Labute approximate surface area is 151 Å². The molecule has 1 fully saturated rings. The molecule has 25 heavy (non-hydrogen) atoms. The van der Waals surface area contributed by atoms with Crippen molar-refractivity contribution in [1.82, 2.24) is 15.5 Å². The Morgan fingerprint density at radius 1 is 1.28 bits per heavy atom. The van der Waals surface area contributed by atoms with Crippen LogP contribution in [0.15, 0.2) is 29.3 Å². The average molecular weight is 345 g/mol. The third-order valence-corrected chi connectivity index (χ3v) is 5.09. The van der Waals surface area contributed by atoms with Crippen LogP contribution in [0.5, 0.6) is 0 Å². The van der Waals surface area contributed by atoms with Crippen LogP contribution >= 0.6 is 0 Å². The van der Waals surface area contributed by atoms with E-state index in [1.165, 1.54) is 11.1 Å². The number of carbonyl (C=O) groups excluding carboxylic acids is 1. The second kappa shape index (κ2) is 9.44. The lowest BCUT2D eigenvalue weighted by Crippen LogP contribution is -2.46. The summed E-state index contributed by atoms with van der Waals surface area (Å²) >= 11 is 0. The first-order valence-corrected chi connectivity index (χ1v) is 9.26. The molecule has 0 aromatic heterocycles. The van der Waals surface area contributed by atoms with Crippen LogP contribution in [0.4, 0.5) is 0 Å². The predicted octanol–water partition coefficient (Wildman–Crippen LogP) is 2.52. The largest absolute Gasteiger partial charge is 0.359 e. The van der Waals surface area contributed by atoms with E-state index in [-0.39, 0.29) is 5.91 Å². The first kappa shape index (κ1) is 19.3. The molecule has 1 aliphatic heterocycles. The summed E-state index contributed by atoms with van der Waals surface area (Å²) in [5.74, 6) is 2.04. The number of guanidine groups is 1. The van der Waals surface area contributed by atoms with Crippen molar-refractivity contribution in [2.45, 2.75) is 39.0 Å². The van der Waals surface area contributed by atoms with Gasteiger partial charge in [-0.2, -0.15) is 0 Å². The molecule has 5 nitrogen and oxygen atoms in total. The highest BCUT2D eigenvalue weighted by Crippen LogP contribution is 2.21. The summed E-state index contributed by atoms with van der Waals surface area (Å²) < 4.78 is 0. The van der Waals surface area contributed by atoms with Crippen molar-refractivity contribution in [2.75, 3.05) is 33.7 Å². The topological polar surface area (TPSA) is 56.7 Å². The molecule has 5 heteroatoms. The predicted molar refractivity (Wildman–Crippen MR) is 104 cm³/mol. The molecule has 2 N–H and O–H groups in total. The van der Waals surface area contributed by atoms with Crippen molar-refractivity contribution in [3.05, 3.63) is 35.4 Å². The maximum Gasteiger partial charge on any atom is 0.220 e. The summed E-state index contributed by atoms with van der Waals surface area (Å²) in [6.45, 7) is 7.14. The molecule has 0 spiro atoms. The van der Waals surface area contributed by atoms with E-state index in [0.29, 0.717) is 18.3 Å². The molecule has 2 rings (SSSR count). The second-order valence-electron chi connectivity index (χ2n) is 7.05. The summed E-state index contributed by atoms with van der Waals surface area (Å²) in [6, 6.07) is 8.74. The summed E-state index contributed by atoms with van der Waals surface area (Å²) in [4.78, 5) is 18.3. The fourth-order valence-electron chi connectivity index (χ4n) is 3.30. The molecule has 0 radical (unpaired) electrons. The number of hydrogen-bond acceptors (Lipinski definition) is 2. The SMILES string of the molecule is CN=C(NCC(C)c1ccc(C)cc1)N1CCC(CC(=O)NC)CC1. The van der Waals surface area contributed by atoms with Gasteiger partial charge in [-0.3, -0.25) is 9.79 Å². The lowest BCUT2D eigenvalue weighted by atomic mass is 9.93. The molecule has 1 unspecified atom stereocenters. The van der Waals surface area contributed by atoms with E-state index in [4.69, 9.17) is 0 Å². The van der Waals surface area contributed by atoms with E-state index in [0.717, 1.165) is 38.4 Å². The Morgan fingerprint density at radius 2 is 1.92 bits per heavy atom. The van der Waals surface area contributed by atoms with Crippen molar-refractivity contribution < 1.29 is 4.79 Å². The van der Waals surface area contributed by atoms with Gasteiger partial charge >= 0.3 is 0 Å². The van der Waals surface area contributed by atoms with Gasteiger partial charge in [-0.1, -0.05) is 36.8 Å². The molecule has 1 atom stereocenters. The van der Waals surface area contributed by atoms with Gasteiger partial charge in [0.1, 0.15) is 0 Å². The van der Waals surface area contributed by atoms with E-state index in [2.05, 4.69) is 58.6 Å². The number of aliphatic imine (C=N–C) groups is 1. The van der Waals surface area contributed by atoms with Crippen LogP contribution in [0.1, 0.15) is 43.2 Å². The van der Waals surface area contributed by atoms with Crippen LogP contribution in [0.3, 0.4) is 0 Å². The maximum atomic E-state index is 11.5. The third-order valence-electron chi connectivity index (χ3n) is 5.09. The smallest absolute Gasteiger partial charge is 0.220 e. The molecule has 1 aliphatic rings. The van der Waals surface area contributed by atoms with E-state index in [1.54, 1.807) is 7.05 Å². The molecule has 138 valence electrons. The highest BCUT2D eigenvalue weighted by Gasteiger charge is 2.23. The fraction of sp³-hybridized carbons (Fsp3) is 0.600. The van der Waals surface area contributed by atoms with Gasteiger partial charge in [0, 0.05) is 40.2 Å². The average Bonchev–Trinajstić information content (AvgIpc) is 2.63. The van der Waals surface area contributed by atoms with Crippen LogP contribution in [-0.2, 0) is 4.79 Å². The van der Waals surface area contributed by atoms with Gasteiger partial charge in [0.25, 0.3) is 0 Å². The van der Waals surface area contributed by atoms with Gasteiger partial charge in [-0.25, -0.2) is 0 Å². The number of likely N-dealkylation sites (tertiary alicyclic amines) is 1. The van der Waals surface area contributed by atoms with Crippen LogP contribution in [0.25, 0.3) is 0 Å². The molecular formula is C20H32N4O. The lowest BCUT2D eigenvalue weighted by Gasteiger charge is -2.34. The zero-order chi connectivity index (χ0) is 18.2.